The average Bonchev–Trinajstić information content (AvgIpc) is 2.83. The highest BCUT2D eigenvalue weighted by atomic mass is 35.5. The number of nitrogens with zero attached hydrogens (tertiary/aromatic N) is 1. The van der Waals surface area contributed by atoms with E-state index in [1.165, 1.54) is 0 Å². The molecule has 0 unspecified atom stereocenters. The third kappa shape index (κ3) is 7.30. The molecule has 5 N–H and O–H groups in total. The first-order valence-electron chi connectivity index (χ1n) is 10.7. The lowest BCUT2D eigenvalue weighted by atomic mass is 9.97. The highest BCUT2D eigenvalue weighted by Crippen LogP contribution is 2.20. The Bertz CT molecular complexity index is 1060. The van der Waals surface area contributed by atoms with Gasteiger partial charge in [0.05, 0.1) is 12.0 Å². The lowest BCUT2D eigenvalue weighted by Crippen LogP contribution is -2.46. The van der Waals surface area contributed by atoms with Gasteiger partial charge in [0, 0.05) is 24.3 Å². The first kappa shape index (κ1) is 24.2. The summed E-state index contributed by atoms with van der Waals surface area (Å²) in [6, 6.07) is 19.9. The van der Waals surface area contributed by atoms with Crippen molar-refractivity contribution in [1.82, 2.24) is 20.9 Å². The van der Waals surface area contributed by atoms with Gasteiger partial charge in [0.1, 0.15) is 5.82 Å². The van der Waals surface area contributed by atoms with Gasteiger partial charge in [0.25, 0.3) is 0 Å². The van der Waals surface area contributed by atoms with Crippen LogP contribution in [0.2, 0.25) is 5.02 Å². The van der Waals surface area contributed by atoms with Crippen LogP contribution in [0.4, 0.5) is 5.82 Å². The standard InChI is InChI=1S/C25H28ClN5O2/c1-28-22(12-17-6-3-2-4-7-17)25(33)31-16-21(19-8-5-9-20(26)13-19)24(32)30-15-18-10-11-23(27)29-14-18/h2-11,13-14,21-22,28H,12,15-16H2,1H3,(H2,27,29)(H,30,32)(H,31,33)/t21-,22+/m0/s1. The fourth-order valence-electron chi connectivity index (χ4n) is 3.44. The predicted molar refractivity (Wildman–Crippen MR) is 131 cm³/mol. The van der Waals surface area contributed by atoms with Crippen LogP contribution in [-0.4, -0.2) is 36.4 Å². The van der Waals surface area contributed by atoms with Gasteiger partial charge < -0.3 is 21.7 Å². The fraction of sp³-hybridized carbons (Fsp3) is 0.240. The molecule has 0 spiro atoms. The Balaban J connectivity index is 1.67. The van der Waals surface area contributed by atoms with Crippen molar-refractivity contribution in [1.29, 1.82) is 0 Å². The van der Waals surface area contributed by atoms with Crippen molar-refractivity contribution in [3.8, 4) is 0 Å². The molecule has 0 fully saturated rings. The quantitative estimate of drug-likeness (QED) is 0.368. The summed E-state index contributed by atoms with van der Waals surface area (Å²) in [4.78, 5) is 30.0. The Morgan fingerprint density at radius 3 is 2.42 bits per heavy atom. The van der Waals surface area contributed by atoms with E-state index in [2.05, 4.69) is 20.9 Å². The summed E-state index contributed by atoms with van der Waals surface area (Å²) in [5, 5.41) is 9.41. The maximum absolute atomic E-state index is 13.1. The molecule has 2 atom stereocenters. The largest absolute Gasteiger partial charge is 0.384 e. The van der Waals surface area contributed by atoms with Crippen LogP contribution in [0.15, 0.2) is 72.9 Å². The summed E-state index contributed by atoms with van der Waals surface area (Å²) in [6.07, 6.45) is 2.16. The van der Waals surface area contributed by atoms with Crippen molar-refractivity contribution in [2.45, 2.75) is 24.9 Å². The van der Waals surface area contributed by atoms with Gasteiger partial charge in [-0.2, -0.15) is 0 Å². The number of carbonyl (C=O) groups excluding carboxylic acids is 2. The minimum absolute atomic E-state index is 0.137. The molecule has 3 rings (SSSR count). The Morgan fingerprint density at radius 2 is 1.76 bits per heavy atom. The highest BCUT2D eigenvalue weighted by Gasteiger charge is 2.24. The molecule has 0 radical (unpaired) electrons. The van der Waals surface area contributed by atoms with Crippen LogP contribution in [-0.2, 0) is 22.6 Å². The number of nitrogens with two attached hydrogens (primary N) is 1. The third-order valence-electron chi connectivity index (χ3n) is 5.31. The van der Waals surface area contributed by atoms with Crippen LogP contribution in [0.1, 0.15) is 22.6 Å². The van der Waals surface area contributed by atoms with E-state index in [9.17, 15) is 9.59 Å². The Labute approximate surface area is 198 Å². The van der Waals surface area contributed by atoms with Crippen LogP contribution < -0.4 is 21.7 Å². The second-order valence-corrected chi connectivity index (χ2v) is 8.13. The number of nitrogen functional groups attached to an aromatic ring is 1. The molecule has 1 heterocycles. The maximum Gasteiger partial charge on any atom is 0.237 e. The minimum atomic E-state index is -0.608. The number of halogens is 1. The zero-order chi connectivity index (χ0) is 23.6. The number of hydrogen-bond acceptors (Lipinski definition) is 5. The molecule has 0 aliphatic carbocycles. The van der Waals surface area contributed by atoms with E-state index in [-0.39, 0.29) is 18.4 Å². The molecule has 1 aromatic heterocycles. The number of likely N-dealkylation sites (N-methyl/N-ethyl adjacent to an activating group) is 1. The highest BCUT2D eigenvalue weighted by molar-refractivity contribution is 6.30. The maximum atomic E-state index is 13.1. The van der Waals surface area contributed by atoms with Crippen molar-refractivity contribution in [3.05, 3.63) is 94.6 Å². The molecule has 0 saturated carbocycles. The van der Waals surface area contributed by atoms with Gasteiger partial charge in [-0.25, -0.2) is 4.98 Å². The molecule has 2 amide bonds. The Hall–Kier alpha value is -3.42. The van der Waals surface area contributed by atoms with Crippen molar-refractivity contribution in [2.75, 3.05) is 19.3 Å². The smallest absolute Gasteiger partial charge is 0.237 e. The van der Waals surface area contributed by atoms with Crippen LogP contribution in [0.5, 0.6) is 0 Å². The van der Waals surface area contributed by atoms with E-state index in [1.54, 1.807) is 43.6 Å². The average molecular weight is 466 g/mol. The molecule has 7 nitrogen and oxygen atoms in total. The number of amides is 2. The summed E-state index contributed by atoms with van der Waals surface area (Å²) in [7, 11) is 1.75. The molecule has 0 aliphatic rings. The molecule has 0 saturated heterocycles. The monoisotopic (exact) mass is 465 g/mol. The summed E-state index contributed by atoms with van der Waals surface area (Å²) < 4.78 is 0. The number of hydrogen-bond donors (Lipinski definition) is 4. The SMILES string of the molecule is CN[C@H](Cc1ccccc1)C(=O)NC[C@H](C(=O)NCc1ccc(N)nc1)c1cccc(Cl)c1. The fourth-order valence-corrected chi connectivity index (χ4v) is 3.64. The van der Waals surface area contributed by atoms with Gasteiger partial charge in [-0.15, -0.1) is 0 Å². The number of nitrogens with one attached hydrogen (secondary N) is 3. The molecule has 8 heteroatoms. The number of anilines is 1. The van der Waals surface area contributed by atoms with E-state index >= 15 is 0 Å². The lowest BCUT2D eigenvalue weighted by Gasteiger charge is -2.21. The summed E-state index contributed by atoms with van der Waals surface area (Å²) in [5.74, 6) is -0.592. The predicted octanol–water partition coefficient (Wildman–Crippen LogP) is 2.66. The topological polar surface area (TPSA) is 109 Å². The van der Waals surface area contributed by atoms with E-state index in [0.717, 1.165) is 16.7 Å². The lowest BCUT2D eigenvalue weighted by molar-refractivity contribution is -0.124. The van der Waals surface area contributed by atoms with Gasteiger partial charge in [-0.1, -0.05) is 60.1 Å². The second kappa shape index (κ2) is 12.0. The van der Waals surface area contributed by atoms with Crippen LogP contribution in [0, 0.1) is 0 Å². The van der Waals surface area contributed by atoms with E-state index in [4.69, 9.17) is 17.3 Å². The number of carbonyl (C=O) groups is 2. The summed E-state index contributed by atoms with van der Waals surface area (Å²) in [5.41, 5.74) is 8.21. The Morgan fingerprint density at radius 1 is 0.970 bits per heavy atom. The molecule has 0 bridgehead atoms. The van der Waals surface area contributed by atoms with E-state index in [0.29, 0.717) is 23.8 Å². The molecule has 172 valence electrons. The molecular weight excluding hydrogens is 438 g/mol. The third-order valence-corrected chi connectivity index (χ3v) is 5.55. The Kier molecular flexibility index (Phi) is 8.80. The van der Waals surface area contributed by atoms with Gasteiger partial charge in [-0.3, -0.25) is 9.59 Å². The van der Waals surface area contributed by atoms with Crippen LogP contribution in [0.3, 0.4) is 0 Å². The van der Waals surface area contributed by atoms with Crippen molar-refractivity contribution >= 4 is 29.2 Å². The van der Waals surface area contributed by atoms with Gasteiger partial charge >= 0.3 is 0 Å². The van der Waals surface area contributed by atoms with Crippen molar-refractivity contribution in [2.24, 2.45) is 0 Å². The van der Waals surface area contributed by atoms with E-state index in [1.807, 2.05) is 36.4 Å². The number of benzene rings is 2. The van der Waals surface area contributed by atoms with Crippen molar-refractivity contribution in [3.63, 3.8) is 0 Å². The molecular formula is C25H28ClN5O2. The number of aromatic nitrogens is 1. The second-order valence-electron chi connectivity index (χ2n) is 7.69. The molecule has 2 aromatic carbocycles. The van der Waals surface area contributed by atoms with Gasteiger partial charge in [0.2, 0.25) is 11.8 Å². The first-order valence-corrected chi connectivity index (χ1v) is 11.1. The summed E-state index contributed by atoms with van der Waals surface area (Å²) in [6.45, 7) is 0.433. The molecule has 0 aliphatic heterocycles. The minimum Gasteiger partial charge on any atom is -0.384 e. The van der Waals surface area contributed by atoms with Gasteiger partial charge in [0.15, 0.2) is 0 Å². The van der Waals surface area contributed by atoms with Gasteiger partial charge in [-0.05, 0) is 48.4 Å². The number of rotatable bonds is 10. The van der Waals surface area contributed by atoms with Crippen LogP contribution in [0.25, 0.3) is 0 Å². The number of pyridine rings is 1. The zero-order valence-electron chi connectivity index (χ0n) is 18.4. The molecule has 3 aromatic rings. The zero-order valence-corrected chi connectivity index (χ0v) is 19.2. The first-order chi connectivity index (χ1) is 16.0. The summed E-state index contributed by atoms with van der Waals surface area (Å²) >= 11 is 6.16. The van der Waals surface area contributed by atoms with E-state index < -0.39 is 12.0 Å². The molecule has 33 heavy (non-hydrogen) atoms. The normalized spacial score (nSPS) is 12.5. The van der Waals surface area contributed by atoms with Crippen molar-refractivity contribution < 1.29 is 9.59 Å². The van der Waals surface area contributed by atoms with Crippen LogP contribution >= 0.6 is 11.6 Å².